The fourth-order valence-electron chi connectivity index (χ4n) is 2.92. The summed E-state index contributed by atoms with van der Waals surface area (Å²) in [6.45, 7) is 1.65. The molecule has 0 bridgehead atoms. The third-order valence-electron chi connectivity index (χ3n) is 3.98. The highest BCUT2D eigenvalue weighted by atomic mass is 19.4. The minimum Gasteiger partial charge on any atom is -0.335 e. The average molecular weight is 322 g/mol. The second-order valence-corrected chi connectivity index (χ2v) is 5.34. The Balaban J connectivity index is 2.60. The number of carbonyl (C=O) groups excluding carboxylic acids is 1. The maximum absolute atomic E-state index is 13.4. The van der Waals surface area contributed by atoms with Crippen molar-refractivity contribution in [3.63, 3.8) is 0 Å². The molecule has 0 aromatic heterocycles. The molecule has 1 heterocycles. The highest BCUT2D eigenvalue weighted by Gasteiger charge is 2.51. The normalized spacial score (nSPS) is 24.7. The van der Waals surface area contributed by atoms with Crippen molar-refractivity contribution in [1.29, 1.82) is 0 Å². The van der Waals surface area contributed by atoms with Gasteiger partial charge in [-0.05, 0) is 6.42 Å². The molecule has 0 fully saturated rings. The lowest BCUT2D eigenvalue weighted by Crippen LogP contribution is -2.56. The van der Waals surface area contributed by atoms with Gasteiger partial charge in [0.1, 0.15) is 12.1 Å². The number of alkyl halides is 3. The van der Waals surface area contributed by atoms with Crippen LogP contribution in [-0.2, 0) is 4.79 Å². The van der Waals surface area contributed by atoms with E-state index in [0.717, 1.165) is 0 Å². The van der Waals surface area contributed by atoms with Gasteiger partial charge in [0.25, 0.3) is 0 Å². The maximum atomic E-state index is 13.4. The molecular formula is C17H17F3N2O. The second kappa shape index (κ2) is 6.86. The highest BCUT2D eigenvalue weighted by Crippen LogP contribution is 2.37. The lowest BCUT2D eigenvalue weighted by Gasteiger charge is -2.42. The number of aliphatic imine (C=N–C) groups is 1. The van der Waals surface area contributed by atoms with Gasteiger partial charge in [-0.1, -0.05) is 43.2 Å². The van der Waals surface area contributed by atoms with Gasteiger partial charge >= 0.3 is 6.18 Å². The molecule has 0 spiro atoms. The standard InChI is InChI=1S/C17H17F3N2O/c1-3-10-22-14(11-23)13(4-2)15(17(18,19)20)21-16(22)12-8-6-5-7-9-12/h1,5-9,11,13-15H,4,10H2,2H3. The van der Waals surface area contributed by atoms with E-state index < -0.39 is 24.2 Å². The van der Waals surface area contributed by atoms with Crippen LogP contribution in [0.4, 0.5) is 13.2 Å². The van der Waals surface area contributed by atoms with Crippen LogP contribution in [0.2, 0.25) is 0 Å². The maximum Gasteiger partial charge on any atom is 0.411 e. The molecule has 0 amide bonds. The number of halogens is 3. The van der Waals surface area contributed by atoms with Crippen LogP contribution >= 0.6 is 0 Å². The number of hydrogen-bond donors (Lipinski definition) is 0. The van der Waals surface area contributed by atoms with Crippen LogP contribution in [0.3, 0.4) is 0 Å². The molecular weight excluding hydrogens is 305 g/mol. The van der Waals surface area contributed by atoms with Gasteiger partial charge in [-0.25, -0.2) is 0 Å². The first-order valence-electron chi connectivity index (χ1n) is 7.29. The van der Waals surface area contributed by atoms with Gasteiger partial charge in [0.2, 0.25) is 0 Å². The summed E-state index contributed by atoms with van der Waals surface area (Å²) in [4.78, 5) is 17.0. The smallest absolute Gasteiger partial charge is 0.335 e. The van der Waals surface area contributed by atoms with Gasteiger partial charge in [-0.15, -0.1) is 6.42 Å². The minimum atomic E-state index is -4.51. The summed E-state index contributed by atoms with van der Waals surface area (Å²) < 4.78 is 40.2. The summed E-state index contributed by atoms with van der Waals surface area (Å²) in [5.74, 6) is 1.57. The Kier molecular flexibility index (Phi) is 5.09. The lowest BCUT2D eigenvalue weighted by atomic mass is 9.86. The first-order valence-corrected chi connectivity index (χ1v) is 7.29. The summed E-state index contributed by atoms with van der Waals surface area (Å²) in [7, 11) is 0. The first kappa shape index (κ1) is 17.1. The summed E-state index contributed by atoms with van der Waals surface area (Å²) in [6.07, 6.45) is 1.55. The zero-order chi connectivity index (χ0) is 17.0. The lowest BCUT2D eigenvalue weighted by molar-refractivity contribution is -0.165. The largest absolute Gasteiger partial charge is 0.411 e. The molecule has 1 aromatic rings. The molecule has 6 heteroatoms. The quantitative estimate of drug-likeness (QED) is 0.631. The van der Waals surface area contributed by atoms with Gasteiger partial charge in [0.15, 0.2) is 6.04 Å². The number of carbonyl (C=O) groups is 1. The zero-order valence-corrected chi connectivity index (χ0v) is 12.6. The van der Waals surface area contributed by atoms with Crippen molar-refractivity contribution in [1.82, 2.24) is 4.90 Å². The Morgan fingerprint density at radius 1 is 1.35 bits per heavy atom. The van der Waals surface area contributed by atoms with Crippen molar-refractivity contribution >= 4 is 12.1 Å². The molecule has 3 nitrogen and oxygen atoms in total. The fourth-order valence-corrected chi connectivity index (χ4v) is 2.92. The van der Waals surface area contributed by atoms with Gasteiger partial charge in [0, 0.05) is 11.5 Å². The number of amidine groups is 1. The molecule has 0 radical (unpaired) electrons. The average Bonchev–Trinajstić information content (AvgIpc) is 2.54. The van der Waals surface area contributed by atoms with Crippen LogP contribution < -0.4 is 0 Å². The van der Waals surface area contributed by atoms with Crippen LogP contribution in [0.1, 0.15) is 18.9 Å². The molecule has 3 unspecified atom stereocenters. The molecule has 0 N–H and O–H groups in total. The topological polar surface area (TPSA) is 32.7 Å². The van der Waals surface area contributed by atoms with Crippen molar-refractivity contribution < 1.29 is 18.0 Å². The predicted molar refractivity (Wildman–Crippen MR) is 82.0 cm³/mol. The predicted octanol–water partition coefficient (Wildman–Crippen LogP) is 2.91. The molecule has 23 heavy (non-hydrogen) atoms. The monoisotopic (exact) mass is 322 g/mol. The van der Waals surface area contributed by atoms with Gasteiger partial charge in [-0.3, -0.25) is 4.99 Å². The van der Waals surface area contributed by atoms with E-state index >= 15 is 0 Å². The Bertz CT molecular complexity index is 619. The Labute approximate surface area is 133 Å². The number of hydrogen-bond acceptors (Lipinski definition) is 3. The van der Waals surface area contributed by atoms with E-state index in [1.54, 1.807) is 37.3 Å². The fraction of sp³-hybridized carbons (Fsp3) is 0.412. The number of aldehydes is 1. The summed E-state index contributed by atoms with van der Waals surface area (Å²) in [5.41, 5.74) is 0.512. The van der Waals surface area contributed by atoms with Crippen LogP contribution in [-0.4, -0.2) is 41.8 Å². The molecule has 1 aromatic carbocycles. The summed E-state index contributed by atoms with van der Waals surface area (Å²) in [5, 5.41) is 0. The second-order valence-electron chi connectivity index (χ2n) is 5.34. The third kappa shape index (κ3) is 3.39. The molecule has 0 saturated heterocycles. The third-order valence-corrected chi connectivity index (χ3v) is 3.98. The number of rotatable bonds is 4. The van der Waals surface area contributed by atoms with Crippen LogP contribution in [0.15, 0.2) is 35.3 Å². The molecule has 0 aliphatic carbocycles. The van der Waals surface area contributed by atoms with Crippen molar-refractivity contribution in [2.75, 3.05) is 6.54 Å². The SMILES string of the molecule is C#CCN1C(c2ccccc2)=NC(C(F)(F)F)C(CC)C1C=O. The van der Waals surface area contributed by atoms with E-state index in [9.17, 15) is 18.0 Å². The summed E-state index contributed by atoms with van der Waals surface area (Å²) in [6, 6.07) is 5.62. The molecule has 122 valence electrons. The number of benzene rings is 1. The van der Waals surface area contributed by atoms with E-state index in [1.165, 1.54) is 4.90 Å². The zero-order valence-electron chi connectivity index (χ0n) is 12.6. The van der Waals surface area contributed by atoms with Crippen molar-refractivity contribution in [3.05, 3.63) is 35.9 Å². The molecule has 1 aliphatic heterocycles. The van der Waals surface area contributed by atoms with Crippen molar-refractivity contribution in [2.45, 2.75) is 31.6 Å². The molecule has 1 aliphatic rings. The van der Waals surface area contributed by atoms with E-state index in [4.69, 9.17) is 6.42 Å². The van der Waals surface area contributed by atoms with Gasteiger partial charge < -0.3 is 9.69 Å². The van der Waals surface area contributed by atoms with Crippen molar-refractivity contribution in [3.8, 4) is 12.3 Å². The van der Waals surface area contributed by atoms with Gasteiger partial charge in [0.05, 0.1) is 12.6 Å². The minimum absolute atomic E-state index is 0.0260. The van der Waals surface area contributed by atoms with E-state index in [-0.39, 0.29) is 18.8 Å². The van der Waals surface area contributed by atoms with Crippen LogP contribution in [0.5, 0.6) is 0 Å². The number of terminal acetylenes is 1. The van der Waals surface area contributed by atoms with E-state index in [0.29, 0.717) is 11.8 Å². The Hall–Kier alpha value is -2.29. The highest BCUT2D eigenvalue weighted by molar-refractivity contribution is 6.01. The molecule has 2 rings (SSSR count). The molecule has 3 atom stereocenters. The Morgan fingerprint density at radius 3 is 2.48 bits per heavy atom. The Morgan fingerprint density at radius 2 is 2.00 bits per heavy atom. The van der Waals surface area contributed by atoms with E-state index in [1.807, 2.05) is 0 Å². The number of nitrogens with zero attached hydrogens (tertiary/aromatic N) is 2. The molecule has 0 saturated carbocycles. The van der Waals surface area contributed by atoms with Crippen LogP contribution in [0, 0.1) is 18.3 Å². The van der Waals surface area contributed by atoms with Gasteiger partial charge in [-0.2, -0.15) is 13.2 Å². The first-order chi connectivity index (χ1) is 10.9. The van der Waals surface area contributed by atoms with Crippen LogP contribution in [0.25, 0.3) is 0 Å². The summed E-state index contributed by atoms with van der Waals surface area (Å²) >= 11 is 0. The van der Waals surface area contributed by atoms with E-state index in [2.05, 4.69) is 10.9 Å². The van der Waals surface area contributed by atoms with Crippen molar-refractivity contribution in [2.24, 2.45) is 10.9 Å².